The molecule has 2 bridgehead atoms. The zero-order chi connectivity index (χ0) is 32.2. The van der Waals surface area contributed by atoms with Gasteiger partial charge in [0.1, 0.15) is 0 Å². The first-order chi connectivity index (χ1) is 23.5. The summed E-state index contributed by atoms with van der Waals surface area (Å²) in [5, 5.41) is 0. The zero-order valence-electron chi connectivity index (χ0n) is 28.8. The molecular formula is C47H49N. The maximum atomic E-state index is 2.51. The lowest BCUT2D eigenvalue weighted by Crippen LogP contribution is -2.29. The van der Waals surface area contributed by atoms with E-state index in [1.807, 2.05) is 0 Å². The fraction of sp³-hybridized carbons (Fsp3) is 0.362. The number of hydrogen-bond acceptors (Lipinski definition) is 1. The number of fused-ring (bicyclic) bond motifs is 6. The van der Waals surface area contributed by atoms with Crippen LogP contribution in [-0.2, 0) is 5.41 Å². The van der Waals surface area contributed by atoms with Crippen molar-refractivity contribution >= 4 is 17.1 Å². The largest absolute Gasteiger partial charge is 0.310 e. The van der Waals surface area contributed by atoms with E-state index >= 15 is 0 Å². The number of rotatable bonds is 6. The van der Waals surface area contributed by atoms with E-state index in [0.29, 0.717) is 5.92 Å². The summed E-state index contributed by atoms with van der Waals surface area (Å²) in [6, 6.07) is 44.4. The highest BCUT2D eigenvalue weighted by molar-refractivity contribution is 5.90. The Morgan fingerprint density at radius 1 is 0.542 bits per heavy atom. The van der Waals surface area contributed by atoms with E-state index in [1.165, 1.54) is 120 Å². The molecule has 1 nitrogen and oxygen atoms in total. The van der Waals surface area contributed by atoms with Crippen molar-refractivity contribution < 1.29 is 0 Å². The van der Waals surface area contributed by atoms with Gasteiger partial charge in [0.2, 0.25) is 0 Å². The summed E-state index contributed by atoms with van der Waals surface area (Å²) >= 11 is 0. The zero-order valence-corrected chi connectivity index (χ0v) is 28.8. The van der Waals surface area contributed by atoms with Crippen LogP contribution in [-0.4, -0.2) is 0 Å². The van der Waals surface area contributed by atoms with Gasteiger partial charge < -0.3 is 4.90 Å². The van der Waals surface area contributed by atoms with Crippen LogP contribution in [0, 0.1) is 11.8 Å². The molecular weight excluding hydrogens is 579 g/mol. The highest BCUT2D eigenvalue weighted by atomic mass is 15.1. The van der Waals surface area contributed by atoms with Gasteiger partial charge in [0, 0.05) is 22.5 Å². The van der Waals surface area contributed by atoms with Gasteiger partial charge in [-0.3, -0.25) is 0 Å². The van der Waals surface area contributed by atoms with Gasteiger partial charge in [0.15, 0.2) is 0 Å². The van der Waals surface area contributed by atoms with E-state index < -0.39 is 0 Å². The van der Waals surface area contributed by atoms with E-state index in [1.54, 1.807) is 5.56 Å². The van der Waals surface area contributed by atoms with Crippen LogP contribution in [0.15, 0.2) is 115 Å². The second-order valence-electron chi connectivity index (χ2n) is 15.9. The topological polar surface area (TPSA) is 3.24 Å². The van der Waals surface area contributed by atoms with Crippen LogP contribution in [0.4, 0.5) is 17.1 Å². The van der Waals surface area contributed by atoms with Gasteiger partial charge in [0.25, 0.3) is 0 Å². The van der Waals surface area contributed by atoms with Crippen molar-refractivity contribution in [2.45, 2.75) is 95.3 Å². The molecule has 0 aliphatic heterocycles. The fourth-order valence-corrected chi connectivity index (χ4v) is 10.3. The van der Waals surface area contributed by atoms with Gasteiger partial charge in [-0.25, -0.2) is 0 Å². The lowest BCUT2D eigenvalue weighted by molar-refractivity contribution is 0.145. The molecule has 0 heterocycles. The first kappa shape index (κ1) is 30.0. The predicted molar refractivity (Wildman–Crippen MR) is 203 cm³/mol. The summed E-state index contributed by atoms with van der Waals surface area (Å²) in [6.07, 6.45) is 13.9. The maximum Gasteiger partial charge on any atom is 0.0465 e. The molecule has 1 unspecified atom stereocenters. The van der Waals surface area contributed by atoms with E-state index in [0.717, 1.165) is 17.8 Å². The van der Waals surface area contributed by atoms with Crippen molar-refractivity contribution in [3.8, 4) is 22.3 Å². The van der Waals surface area contributed by atoms with Gasteiger partial charge in [0.05, 0.1) is 0 Å². The predicted octanol–water partition coefficient (Wildman–Crippen LogP) is 13.5. The molecule has 0 spiro atoms. The molecule has 48 heavy (non-hydrogen) atoms. The quantitative estimate of drug-likeness (QED) is 0.181. The van der Waals surface area contributed by atoms with Crippen molar-refractivity contribution in [1.29, 1.82) is 0 Å². The van der Waals surface area contributed by atoms with Gasteiger partial charge in [-0.2, -0.15) is 0 Å². The first-order valence-electron chi connectivity index (χ1n) is 18.9. The Morgan fingerprint density at radius 3 is 1.85 bits per heavy atom. The number of anilines is 3. The molecule has 0 aromatic heterocycles. The summed E-state index contributed by atoms with van der Waals surface area (Å²) in [6.45, 7) is 4.84. The first-order valence-corrected chi connectivity index (χ1v) is 18.9. The van der Waals surface area contributed by atoms with Crippen molar-refractivity contribution in [2.75, 3.05) is 4.90 Å². The summed E-state index contributed by atoms with van der Waals surface area (Å²) in [5.41, 5.74) is 14.9. The van der Waals surface area contributed by atoms with Gasteiger partial charge in [-0.05, 0) is 137 Å². The summed E-state index contributed by atoms with van der Waals surface area (Å²) in [7, 11) is 0. The Labute approximate surface area is 288 Å². The molecule has 0 amide bonds. The molecule has 4 fully saturated rings. The van der Waals surface area contributed by atoms with Gasteiger partial charge in [-0.15, -0.1) is 0 Å². The van der Waals surface area contributed by atoms with Gasteiger partial charge in [-0.1, -0.05) is 125 Å². The average Bonchev–Trinajstić information content (AvgIpc) is 3.39. The molecule has 0 saturated heterocycles. The van der Waals surface area contributed by atoms with Crippen LogP contribution in [0.1, 0.15) is 112 Å². The minimum atomic E-state index is -0.117. The Kier molecular flexibility index (Phi) is 7.56. The average molecular weight is 628 g/mol. The van der Waals surface area contributed by atoms with Crippen LogP contribution in [0.25, 0.3) is 22.3 Å². The molecule has 0 radical (unpaired) electrons. The van der Waals surface area contributed by atoms with Crippen LogP contribution in [0.2, 0.25) is 0 Å². The summed E-state index contributed by atoms with van der Waals surface area (Å²) in [5.74, 6) is 3.28. The molecule has 5 aromatic carbocycles. The fourth-order valence-electron chi connectivity index (χ4n) is 10.3. The minimum Gasteiger partial charge on any atom is -0.310 e. The highest BCUT2D eigenvalue weighted by Gasteiger charge is 2.39. The molecule has 10 rings (SSSR count). The monoisotopic (exact) mass is 627 g/mol. The second-order valence-corrected chi connectivity index (χ2v) is 15.9. The molecule has 5 aliphatic carbocycles. The van der Waals surface area contributed by atoms with E-state index in [2.05, 4.69) is 134 Å². The normalized spacial score (nSPS) is 22.7. The molecule has 0 N–H and O–H groups in total. The SMILES string of the molecule is CC1(C)c2cc(N(c3ccc(C4CCCCC4)cc3)c3ccc(C4CC5CCC4CC5)cc3)ccc2-c2cccc(-c3ccccc3)c21. The smallest absolute Gasteiger partial charge is 0.0465 e. The number of nitrogens with zero attached hydrogens (tertiary/aromatic N) is 1. The molecule has 5 aliphatic rings. The van der Waals surface area contributed by atoms with E-state index in [4.69, 9.17) is 0 Å². The van der Waals surface area contributed by atoms with E-state index in [9.17, 15) is 0 Å². The Hall–Kier alpha value is -4.10. The van der Waals surface area contributed by atoms with Crippen LogP contribution in [0.3, 0.4) is 0 Å². The van der Waals surface area contributed by atoms with Crippen molar-refractivity contribution in [1.82, 2.24) is 0 Å². The Morgan fingerprint density at radius 2 is 1.19 bits per heavy atom. The van der Waals surface area contributed by atoms with Crippen molar-refractivity contribution in [3.63, 3.8) is 0 Å². The van der Waals surface area contributed by atoms with Gasteiger partial charge >= 0.3 is 0 Å². The molecule has 5 aromatic rings. The van der Waals surface area contributed by atoms with Crippen LogP contribution < -0.4 is 4.90 Å². The second kappa shape index (κ2) is 12.1. The van der Waals surface area contributed by atoms with Crippen LogP contribution >= 0.6 is 0 Å². The third kappa shape index (κ3) is 5.13. The Balaban J connectivity index is 1.12. The highest BCUT2D eigenvalue weighted by Crippen LogP contribution is 2.54. The van der Waals surface area contributed by atoms with Crippen molar-refractivity contribution in [2.24, 2.45) is 11.8 Å². The lowest BCUT2D eigenvalue weighted by Gasteiger charge is -2.42. The Bertz CT molecular complexity index is 1900. The lowest BCUT2D eigenvalue weighted by atomic mass is 9.63. The van der Waals surface area contributed by atoms with Crippen molar-refractivity contribution in [3.05, 3.63) is 138 Å². The number of hydrogen-bond donors (Lipinski definition) is 0. The molecule has 242 valence electrons. The maximum absolute atomic E-state index is 2.51. The van der Waals surface area contributed by atoms with Crippen LogP contribution in [0.5, 0.6) is 0 Å². The standard InChI is InChI=1S/C47H49N/c1-47(2)45-31-40(28-29-42(45)43-15-9-14-41(46(43)47)35-12-7-4-8-13-35)48(38-24-20-34(21-25-38)33-10-5-3-6-11-33)39-26-22-37(23-27-39)44-30-32-16-18-36(44)19-17-32/h4,7-9,12-15,20-29,31-33,36,44H,3,5-6,10-11,16-19,30H2,1-2H3. The summed E-state index contributed by atoms with van der Waals surface area (Å²) in [4.78, 5) is 2.51. The molecule has 1 atom stereocenters. The summed E-state index contributed by atoms with van der Waals surface area (Å²) < 4.78 is 0. The third-order valence-corrected chi connectivity index (χ3v) is 12.9. The third-order valence-electron chi connectivity index (χ3n) is 12.9. The number of benzene rings is 5. The molecule has 4 saturated carbocycles. The molecule has 1 heteroatoms. The van der Waals surface area contributed by atoms with E-state index in [-0.39, 0.29) is 5.41 Å². The minimum absolute atomic E-state index is 0.117.